The standard InChI is InChI=1S/C21H15BrN4OS/c1-13-11-18-25-19(20(26(18)27-13)14-7-9-15(22)10-8-14)17-12-28-21(24-17)23-16-5-3-2-4-6-16/h2-12H,1H3,(H,23,24). The number of anilines is 2. The van der Waals surface area contributed by atoms with Gasteiger partial charge in [-0.3, -0.25) is 0 Å². The van der Waals surface area contributed by atoms with Crippen LogP contribution in [0.1, 0.15) is 5.76 Å². The highest BCUT2D eigenvalue weighted by atomic mass is 79.9. The van der Waals surface area contributed by atoms with E-state index in [1.807, 2.05) is 73.0 Å². The molecule has 138 valence electrons. The number of aromatic nitrogens is 3. The molecule has 7 heteroatoms. The molecule has 5 aromatic rings. The number of nitrogens with one attached hydrogen (secondary N) is 1. The Morgan fingerprint density at radius 2 is 1.82 bits per heavy atom. The lowest BCUT2D eigenvalue weighted by Crippen LogP contribution is -1.90. The van der Waals surface area contributed by atoms with Crippen LogP contribution in [0.2, 0.25) is 0 Å². The van der Waals surface area contributed by atoms with Crippen molar-refractivity contribution >= 4 is 43.7 Å². The van der Waals surface area contributed by atoms with Crippen LogP contribution in [0.25, 0.3) is 28.3 Å². The molecule has 0 atom stereocenters. The van der Waals surface area contributed by atoms with E-state index in [0.717, 1.165) is 49.3 Å². The fraction of sp³-hybridized carbons (Fsp3) is 0.0476. The molecule has 0 aliphatic carbocycles. The molecule has 0 radical (unpaired) electrons. The summed E-state index contributed by atoms with van der Waals surface area (Å²) in [5.74, 6) is 0.817. The minimum absolute atomic E-state index is 0.774. The maximum absolute atomic E-state index is 5.89. The second kappa shape index (κ2) is 6.92. The van der Waals surface area contributed by atoms with E-state index in [2.05, 4.69) is 21.2 Å². The van der Waals surface area contributed by atoms with Crippen LogP contribution in [-0.4, -0.2) is 14.5 Å². The molecule has 28 heavy (non-hydrogen) atoms. The number of benzene rings is 2. The average molecular weight is 451 g/mol. The van der Waals surface area contributed by atoms with Gasteiger partial charge >= 0.3 is 0 Å². The van der Waals surface area contributed by atoms with Crippen molar-refractivity contribution in [1.82, 2.24) is 14.5 Å². The van der Waals surface area contributed by atoms with Crippen molar-refractivity contribution in [3.05, 3.63) is 76.3 Å². The van der Waals surface area contributed by atoms with E-state index in [1.54, 1.807) is 15.9 Å². The lowest BCUT2D eigenvalue weighted by Gasteiger charge is -2.03. The summed E-state index contributed by atoms with van der Waals surface area (Å²) in [4.78, 5) is 9.55. The Kier molecular flexibility index (Phi) is 4.26. The Hall–Kier alpha value is -2.90. The minimum Gasteiger partial charge on any atom is -0.378 e. The monoisotopic (exact) mass is 450 g/mol. The highest BCUT2D eigenvalue weighted by Crippen LogP contribution is 2.36. The molecule has 5 nitrogen and oxygen atoms in total. The van der Waals surface area contributed by atoms with E-state index >= 15 is 0 Å². The van der Waals surface area contributed by atoms with Crippen LogP contribution in [0.15, 0.2) is 75.0 Å². The van der Waals surface area contributed by atoms with Gasteiger partial charge in [0.15, 0.2) is 10.8 Å². The smallest absolute Gasteiger partial charge is 0.187 e. The molecule has 3 heterocycles. The molecule has 0 aliphatic heterocycles. The molecule has 2 aromatic carbocycles. The topological polar surface area (TPSA) is 55.4 Å². The highest BCUT2D eigenvalue weighted by molar-refractivity contribution is 9.10. The summed E-state index contributed by atoms with van der Waals surface area (Å²) in [5, 5.41) is 6.18. The third-order valence-corrected chi connectivity index (χ3v) is 5.61. The Bertz CT molecular complexity index is 1260. The predicted molar refractivity (Wildman–Crippen MR) is 116 cm³/mol. The first-order valence-corrected chi connectivity index (χ1v) is 10.4. The Labute approximate surface area is 173 Å². The van der Waals surface area contributed by atoms with E-state index in [0.29, 0.717) is 0 Å². The van der Waals surface area contributed by atoms with Gasteiger partial charge in [-0.1, -0.05) is 46.3 Å². The highest BCUT2D eigenvalue weighted by Gasteiger charge is 2.21. The normalized spacial score (nSPS) is 11.2. The van der Waals surface area contributed by atoms with Crippen molar-refractivity contribution in [3.63, 3.8) is 0 Å². The molecule has 0 amide bonds. The quantitative estimate of drug-likeness (QED) is 0.338. The van der Waals surface area contributed by atoms with Crippen LogP contribution in [0.4, 0.5) is 10.8 Å². The Morgan fingerprint density at radius 3 is 2.61 bits per heavy atom. The van der Waals surface area contributed by atoms with Crippen LogP contribution >= 0.6 is 27.3 Å². The maximum Gasteiger partial charge on any atom is 0.187 e. The zero-order chi connectivity index (χ0) is 19.1. The van der Waals surface area contributed by atoms with Crippen molar-refractivity contribution < 1.29 is 4.52 Å². The van der Waals surface area contributed by atoms with Crippen LogP contribution in [0.3, 0.4) is 0 Å². The van der Waals surface area contributed by atoms with Gasteiger partial charge in [0.1, 0.15) is 22.8 Å². The van der Waals surface area contributed by atoms with Gasteiger partial charge in [-0.25, -0.2) is 9.97 Å². The zero-order valence-corrected chi connectivity index (χ0v) is 17.3. The SMILES string of the molecule is Cc1cc2nc(-c3csc(Nc4ccccc4)n3)c(-c3ccc(Br)cc3)n2o1. The fourth-order valence-corrected chi connectivity index (χ4v) is 4.06. The number of hydrogen-bond acceptors (Lipinski definition) is 5. The van der Waals surface area contributed by atoms with Gasteiger partial charge in [0.25, 0.3) is 0 Å². The molecule has 0 unspecified atom stereocenters. The maximum atomic E-state index is 5.89. The summed E-state index contributed by atoms with van der Waals surface area (Å²) in [6, 6.07) is 20.1. The van der Waals surface area contributed by atoms with E-state index < -0.39 is 0 Å². The summed E-state index contributed by atoms with van der Waals surface area (Å²) in [6.07, 6.45) is 0. The fourth-order valence-electron chi connectivity index (χ4n) is 3.08. The first kappa shape index (κ1) is 17.2. The molecule has 0 bridgehead atoms. The van der Waals surface area contributed by atoms with Crippen molar-refractivity contribution in [2.24, 2.45) is 0 Å². The van der Waals surface area contributed by atoms with Crippen molar-refractivity contribution in [2.45, 2.75) is 6.92 Å². The molecule has 3 aromatic heterocycles. The van der Waals surface area contributed by atoms with Gasteiger partial charge in [-0.05, 0) is 31.2 Å². The number of halogens is 1. The Morgan fingerprint density at radius 1 is 1.04 bits per heavy atom. The summed E-state index contributed by atoms with van der Waals surface area (Å²) >= 11 is 5.05. The third-order valence-electron chi connectivity index (χ3n) is 4.32. The molecule has 0 fully saturated rings. The number of thiazole rings is 1. The first-order chi connectivity index (χ1) is 13.7. The number of nitrogens with zero attached hydrogens (tertiary/aromatic N) is 3. The largest absolute Gasteiger partial charge is 0.378 e. The molecular weight excluding hydrogens is 436 g/mol. The lowest BCUT2D eigenvalue weighted by atomic mass is 10.1. The van der Waals surface area contributed by atoms with Crippen LogP contribution in [0, 0.1) is 6.92 Å². The summed E-state index contributed by atoms with van der Waals surface area (Å²) in [6.45, 7) is 1.92. The molecule has 0 saturated carbocycles. The van der Waals surface area contributed by atoms with Gasteiger partial charge in [-0.15, -0.1) is 11.3 Å². The van der Waals surface area contributed by atoms with E-state index in [-0.39, 0.29) is 0 Å². The molecule has 1 N–H and O–H groups in total. The number of imidazole rings is 1. The van der Waals surface area contributed by atoms with Gasteiger partial charge in [-0.2, -0.15) is 4.57 Å². The molecule has 5 rings (SSSR count). The van der Waals surface area contributed by atoms with E-state index in [4.69, 9.17) is 14.5 Å². The van der Waals surface area contributed by atoms with Gasteiger partial charge in [0.2, 0.25) is 0 Å². The number of hydrogen-bond donors (Lipinski definition) is 1. The van der Waals surface area contributed by atoms with E-state index in [9.17, 15) is 0 Å². The van der Waals surface area contributed by atoms with Gasteiger partial charge in [0, 0.05) is 27.2 Å². The van der Waals surface area contributed by atoms with Crippen LogP contribution in [0.5, 0.6) is 0 Å². The summed E-state index contributed by atoms with van der Waals surface area (Å²) in [5.41, 5.74) is 5.32. The summed E-state index contributed by atoms with van der Waals surface area (Å²) in [7, 11) is 0. The average Bonchev–Trinajstić information content (AvgIpc) is 3.37. The number of rotatable bonds is 4. The van der Waals surface area contributed by atoms with Crippen LogP contribution < -0.4 is 5.32 Å². The third kappa shape index (κ3) is 3.12. The zero-order valence-electron chi connectivity index (χ0n) is 14.9. The number of para-hydroxylation sites is 1. The predicted octanol–water partition coefficient (Wildman–Crippen LogP) is 6.53. The lowest BCUT2D eigenvalue weighted by molar-refractivity contribution is 0.361. The molecular formula is C21H15BrN4OS. The van der Waals surface area contributed by atoms with Crippen LogP contribution in [-0.2, 0) is 0 Å². The van der Waals surface area contributed by atoms with Gasteiger partial charge < -0.3 is 9.84 Å². The van der Waals surface area contributed by atoms with Crippen molar-refractivity contribution in [3.8, 4) is 22.6 Å². The van der Waals surface area contributed by atoms with Gasteiger partial charge in [0.05, 0.1) is 0 Å². The van der Waals surface area contributed by atoms with E-state index in [1.165, 1.54) is 0 Å². The minimum atomic E-state index is 0.774. The second-order valence-corrected chi connectivity index (χ2v) is 8.12. The second-order valence-electron chi connectivity index (χ2n) is 6.34. The number of fused-ring (bicyclic) bond motifs is 1. The number of aryl methyl sites for hydroxylation is 1. The molecule has 0 spiro atoms. The summed E-state index contributed by atoms with van der Waals surface area (Å²) < 4.78 is 8.69. The van der Waals surface area contributed by atoms with Crippen molar-refractivity contribution in [1.29, 1.82) is 0 Å². The Balaban J connectivity index is 1.60. The molecule has 0 aliphatic rings. The first-order valence-electron chi connectivity index (χ1n) is 8.71. The molecule has 0 saturated heterocycles. The van der Waals surface area contributed by atoms with Crippen molar-refractivity contribution in [2.75, 3.05) is 5.32 Å².